The Labute approximate surface area is 120 Å². The lowest BCUT2D eigenvalue weighted by molar-refractivity contribution is 0.444. The Hall–Kier alpha value is -1.24. The molecule has 1 heteroatoms. The van der Waals surface area contributed by atoms with E-state index in [9.17, 15) is 0 Å². The van der Waals surface area contributed by atoms with Gasteiger partial charge in [-0.3, -0.25) is 0 Å². The Kier molecular flexibility index (Phi) is 9.03. The van der Waals surface area contributed by atoms with E-state index >= 15 is 0 Å². The van der Waals surface area contributed by atoms with Crippen molar-refractivity contribution in [3.8, 4) is 0 Å². The van der Waals surface area contributed by atoms with E-state index in [1.54, 1.807) is 0 Å². The van der Waals surface area contributed by atoms with E-state index in [2.05, 4.69) is 63.9 Å². The van der Waals surface area contributed by atoms with Gasteiger partial charge in [0.05, 0.1) is 0 Å². The highest BCUT2D eigenvalue weighted by Gasteiger charge is 2.10. The van der Waals surface area contributed by atoms with E-state index in [1.807, 2.05) is 13.8 Å². The highest BCUT2D eigenvalue weighted by molar-refractivity contribution is 5.48. The first kappa shape index (κ1) is 17.8. The van der Waals surface area contributed by atoms with Crippen LogP contribution in [0, 0.1) is 18.8 Å². The third kappa shape index (κ3) is 7.05. The molecule has 19 heavy (non-hydrogen) atoms. The van der Waals surface area contributed by atoms with Crippen molar-refractivity contribution in [3.63, 3.8) is 0 Å². The summed E-state index contributed by atoms with van der Waals surface area (Å²) in [5.41, 5.74) is 3.54. The van der Waals surface area contributed by atoms with E-state index in [1.165, 1.54) is 18.4 Å². The van der Waals surface area contributed by atoms with Crippen LogP contribution in [0.15, 0.2) is 36.5 Å². The van der Waals surface area contributed by atoms with Gasteiger partial charge in [-0.05, 0) is 37.3 Å². The number of benzene rings is 1. The summed E-state index contributed by atoms with van der Waals surface area (Å²) in [6.07, 6.45) is 2.44. The second-order valence-electron chi connectivity index (χ2n) is 5.17. The van der Waals surface area contributed by atoms with Gasteiger partial charge in [-0.15, -0.1) is 0 Å². The summed E-state index contributed by atoms with van der Waals surface area (Å²) in [5, 5.41) is 3.40. The summed E-state index contributed by atoms with van der Waals surface area (Å²) in [6.45, 7) is 17.0. The number of hydrogen-bond donors (Lipinski definition) is 1. The average Bonchev–Trinajstić information content (AvgIpc) is 2.43. The maximum absolute atomic E-state index is 4.15. The zero-order chi connectivity index (χ0) is 14.8. The molecule has 0 aliphatic heterocycles. The van der Waals surface area contributed by atoms with E-state index in [4.69, 9.17) is 0 Å². The Morgan fingerprint density at radius 1 is 1.16 bits per heavy atom. The Morgan fingerprint density at radius 2 is 1.68 bits per heavy atom. The van der Waals surface area contributed by atoms with Crippen molar-refractivity contribution < 1.29 is 0 Å². The summed E-state index contributed by atoms with van der Waals surface area (Å²) in [4.78, 5) is 0. The molecule has 108 valence electrons. The van der Waals surface area contributed by atoms with Crippen LogP contribution in [-0.4, -0.2) is 0 Å². The van der Waals surface area contributed by atoms with Gasteiger partial charge in [-0.1, -0.05) is 65.3 Å². The summed E-state index contributed by atoms with van der Waals surface area (Å²) in [7, 11) is 0. The van der Waals surface area contributed by atoms with Crippen LogP contribution in [-0.2, 0) is 0 Å². The van der Waals surface area contributed by atoms with Crippen molar-refractivity contribution in [3.05, 3.63) is 42.1 Å². The first-order valence-corrected chi connectivity index (χ1v) is 7.55. The molecule has 1 aromatic rings. The van der Waals surface area contributed by atoms with E-state index in [0.29, 0.717) is 5.92 Å². The molecule has 0 bridgehead atoms. The number of anilines is 1. The molecule has 0 aliphatic rings. The molecule has 1 aromatic carbocycles. The van der Waals surface area contributed by atoms with Gasteiger partial charge >= 0.3 is 0 Å². The van der Waals surface area contributed by atoms with Gasteiger partial charge < -0.3 is 5.32 Å². The van der Waals surface area contributed by atoms with Crippen molar-refractivity contribution >= 4 is 5.69 Å². The Bertz CT molecular complexity index is 350. The molecule has 0 amide bonds. The number of rotatable bonds is 6. The van der Waals surface area contributed by atoms with Crippen molar-refractivity contribution in [2.75, 3.05) is 5.32 Å². The molecule has 1 rings (SSSR count). The molecule has 0 aliphatic carbocycles. The van der Waals surface area contributed by atoms with Crippen LogP contribution < -0.4 is 5.32 Å². The molecule has 1 nitrogen and oxygen atoms in total. The Balaban J connectivity index is 0.00000154. The van der Waals surface area contributed by atoms with Crippen molar-refractivity contribution in [2.45, 2.75) is 54.4 Å². The summed E-state index contributed by atoms with van der Waals surface area (Å²) in [5.74, 6) is 1.29. The molecular formula is C18H31N. The monoisotopic (exact) mass is 261 g/mol. The first-order chi connectivity index (χ1) is 9.02. The highest BCUT2D eigenvalue weighted by Crippen LogP contribution is 2.22. The smallest absolute Gasteiger partial charge is 0.0381 e. The zero-order valence-electron chi connectivity index (χ0n) is 13.6. The zero-order valence-corrected chi connectivity index (χ0v) is 13.6. The summed E-state index contributed by atoms with van der Waals surface area (Å²) in [6, 6.07) is 8.46. The lowest BCUT2D eigenvalue weighted by Gasteiger charge is -2.20. The molecule has 0 saturated carbocycles. The molecule has 0 fully saturated rings. The SMILES string of the molecule is C=C(Nc1ccc(C)cc1)C(C)CC(C)CC.CC. The average molecular weight is 261 g/mol. The minimum Gasteiger partial charge on any atom is -0.359 e. The van der Waals surface area contributed by atoms with Gasteiger partial charge in [0.1, 0.15) is 0 Å². The predicted molar refractivity (Wildman–Crippen MR) is 88.5 cm³/mol. The number of aryl methyl sites for hydroxylation is 1. The van der Waals surface area contributed by atoms with E-state index in [-0.39, 0.29) is 0 Å². The largest absolute Gasteiger partial charge is 0.359 e. The van der Waals surface area contributed by atoms with Gasteiger partial charge in [-0.25, -0.2) is 0 Å². The minimum absolute atomic E-state index is 0.520. The highest BCUT2D eigenvalue weighted by atomic mass is 14.9. The molecule has 2 atom stereocenters. The number of nitrogens with one attached hydrogen (secondary N) is 1. The molecule has 0 spiro atoms. The summed E-state index contributed by atoms with van der Waals surface area (Å²) < 4.78 is 0. The number of allylic oxidation sites excluding steroid dienone is 1. The van der Waals surface area contributed by atoms with Crippen LogP contribution >= 0.6 is 0 Å². The van der Waals surface area contributed by atoms with E-state index in [0.717, 1.165) is 17.3 Å². The van der Waals surface area contributed by atoms with Crippen LogP contribution in [0.3, 0.4) is 0 Å². The van der Waals surface area contributed by atoms with Gasteiger partial charge in [0.25, 0.3) is 0 Å². The molecule has 1 N–H and O–H groups in total. The standard InChI is InChI=1S/C16H25N.C2H6/c1-6-12(2)11-14(4)15(5)17-16-9-7-13(3)8-10-16;1-2/h7-10,12,14,17H,5-6,11H2,1-4H3;1-2H3. The second-order valence-corrected chi connectivity index (χ2v) is 5.17. The maximum atomic E-state index is 4.15. The van der Waals surface area contributed by atoms with Crippen LogP contribution in [0.2, 0.25) is 0 Å². The molecule has 0 saturated heterocycles. The van der Waals surface area contributed by atoms with Crippen LogP contribution in [0.4, 0.5) is 5.69 Å². The Morgan fingerprint density at radius 3 is 2.16 bits per heavy atom. The third-order valence-corrected chi connectivity index (χ3v) is 3.40. The molecule has 2 unspecified atom stereocenters. The van der Waals surface area contributed by atoms with Crippen molar-refractivity contribution in [2.24, 2.45) is 11.8 Å². The molecule has 0 aromatic heterocycles. The number of hydrogen-bond acceptors (Lipinski definition) is 1. The van der Waals surface area contributed by atoms with E-state index < -0.39 is 0 Å². The topological polar surface area (TPSA) is 12.0 Å². The van der Waals surface area contributed by atoms with Crippen molar-refractivity contribution in [1.82, 2.24) is 0 Å². The predicted octanol–water partition coefficient (Wildman–Crippen LogP) is 6.02. The first-order valence-electron chi connectivity index (χ1n) is 7.55. The normalized spacial score (nSPS) is 12.9. The molecule has 0 heterocycles. The fourth-order valence-electron chi connectivity index (χ4n) is 1.86. The van der Waals surface area contributed by atoms with Crippen molar-refractivity contribution in [1.29, 1.82) is 0 Å². The lowest BCUT2D eigenvalue weighted by Crippen LogP contribution is -2.11. The second kappa shape index (κ2) is 9.66. The van der Waals surface area contributed by atoms with Gasteiger partial charge in [-0.2, -0.15) is 0 Å². The van der Waals surface area contributed by atoms with Crippen LogP contribution in [0.5, 0.6) is 0 Å². The molecule has 0 radical (unpaired) electrons. The third-order valence-electron chi connectivity index (χ3n) is 3.40. The lowest BCUT2D eigenvalue weighted by atomic mass is 9.93. The fraction of sp³-hybridized carbons (Fsp3) is 0.556. The molecular weight excluding hydrogens is 230 g/mol. The van der Waals surface area contributed by atoms with Gasteiger partial charge in [0.2, 0.25) is 0 Å². The van der Waals surface area contributed by atoms with Gasteiger partial charge in [0, 0.05) is 11.4 Å². The maximum Gasteiger partial charge on any atom is 0.0381 e. The van der Waals surface area contributed by atoms with Crippen LogP contribution in [0.1, 0.15) is 53.0 Å². The fourth-order valence-corrected chi connectivity index (χ4v) is 1.86. The van der Waals surface area contributed by atoms with Crippen LogP contribution in [0.25, 0.3) is 0 Å². The quantitative estimate of drug-likeness (QED) is 0.660. The minimum atomic E-state index is 0.520. The van der Waals surface area contributed by atoms with Gasteiger partial charge in [0.15, 0.2) is 0 Å². The summed E-state index contributed by atoms with van der Waals surface area (Å²) >= 11 is 0.